The second-order valence-electron chi connectivity index (χ2n) is 4.34. The van der Waals surface area contributed by atoms with Crippen molar-refractivity contribution in [3.63, 3.8) is 0 Å². The summed E-state index contributed by atoms with van der Waals surface area (Å²) in [6, 6.07) is 0. The van der Waals surface area contributed by atoms with Gasteiger partial charge in [-0.3, -0.25) is 19.2 Å². The monoisotopic (exact) mass is 268 g/mol. The van der Waals surface area contributed by atoms with Crippen LogP contribution in [0.15, 0.2) is 0 Å². The SMILES string of the molecule is CCCC[C@H]1C(=O)C(=O)[C@@H](C(=O)C(=O)OCC)C1=O. The van der Waals surface area contributed by atoms with E-state index < -0.39 is 40.9 Å². The number of ketones is 4. The van der Waals surface area contributed by atoms with Crippen molar-refractivity contribution in [2.75, 3.05) is 6.61 Å². The molecule has 0 unspecified atom stereocenters. The molecule has 0 aromatic heterocycles. The van der Waals surface area contributed by atoms with Crippen LogP contribution in [0.5, 0.6) is 0 Å². The largest absolute Gasteiger partial charge is 0.460 e. The Balaban J connectivity index is 2.88. The number of carbonyl (C=O) groups is 5. The molecule has 0 saturated heterocycles. The Kier molecular flexibility index (Phi) is 5.09. The number of ether oxygens (including phenoxy) is 1. The van der Waals surface area contributed by atoms with Crippen LogP contribution in [-0.2, 0) is 28.7 Å². The first kappa shape index (κ1) is 15.2. The average Bonchev–Trinajstić information content (AvgIpc) is 2.58. The maximum atomic E-state index is 11.9. The lowest BCUT2D eigenvalue weighted by Gasteiger charge is -2.06. The molecule has 0 radical (unpaired) electrons. The van der Waals surface area contributed by atoms with Crippen molar-refractivity contribution < 1.29 is 28.7 Å². The summed E-state index contributed by atoms with van der Waals surface area (Å²) in [4.78, 5) is 58.1. The molecule has 0 amide bonds. The summed E-state index contributed by atoms with van der Waals surface area (Å²) >= 11 is 0. The van der Waals surface area contributed by atoms with Gasteiger partial charge in [-0.25, -0.2) is 4.79 Å². The molecule has 0 aliphatic heterocycles. The van der Waals surface area contributed by atoms with Gasteiger partial charge in [-0.2, -0.15) is 0 Å². The van der Waals surface area contributed by atoms with Gasteiger partial charge in [-0.1, -0.05) is 19.8 Å². The zero-order valence-electron chi connectivity index (χ0n) is 10.9. The van der Waals surface area contributed by atoms with Crippen LogP contribution < -0.4 is 0 Å². The molecule has 104 valence electrons. The molecule has 6 heteroatoms. The van der Waals surface area contributed by atoms with Crippen molar-refractivity contribution in [1.29, 1.82) is 0 Å². The maximum absolute atomic E-state index is 11.9. The highest BCUT2D eigenvalue weighted by atomic mass is 16.5. The fourth-order valence-corrected chi connectivity index (χ4v) is 2.02. The summed E-state index contributed by atoms with van der Waals surface area (Å²) in [6.07, 6.45) is 1.62. The van der Waals surface area contributed by atoms with Gasteiger partial charge in [-0.05, 0) is 13.3 Å². The van der Waals surface area contributed by atoms with Gasteiger partial charge in [0, 0.05) is 0 Å². The van der Waals surface area contributed by atoms with E-state index in [1.807, 2.05) is 6.92 Å². The molecule has 1 rings (SSSR count). The Morgan fingerprint density at radius 1 is 1.11 bits per heavy atom. The van der Waals surface area contributed by atoms with Crippen LogP contribution in [0.3, 0.4) is 0 Å². The lowest BCUT2D eigenvalue weighted by molar-refractivity contribution is -0.157. The zero-order chi connectivity index (χ0) is 14.6. The summed E-state index contributed by atoms with van der Waals surface area (Å²) < 4.78 is 4.46. The van der Waals surface area contributed by atoms with Crippen LogP contribution in [0, 0.1) is 11.8 Å². The van der Waals surface area contributed by atoms with Gasteiger partial charge >= 0.3 is 5.97 Å². The predicted octanol–water partition coefficient (Wildman–Crippen LogP) is 0.262. The van der Waals surface area contributed by atoms with Crippen molar-refractivity contribution in [3.8, 4) is 0 Å². The molecular weight excluding hydrogens is 252 g/mol. The standard InChI is InChI=1S/C13H16O6/c1-3-5-6-7-9(14)8(11(16)10(7)15)12(17)13(18)19-4-2/h7-8H,3-6H2,1-2H3/t7-,8+/m1/s1. The fourth-order valence-electron chi connectivity index (χ4n) is 2.02. The minimum Gasteiger partial charge on any atom is -0.460 e. The third kappa shape index (κ3) is 2.94. The molecule has 1 aliphatic carbocycles. The van der Waals surface area contributed by atoms with Gasteiger partial charge in [-0.15, -0.1) is 0 Å². The van der Waals surface area contributed by atoms with Gasteiger partial charge in [0.15, 0.2) is 11.7 Å². The quantitative estimate of drug-likeness (QED) is 0.389. The van der Waals surface area contributed by atoms with E-state index in [0.717, 1.165) is 6.42 Å². The van der Waals surface area contributed by atoms with E-state index in [1.54, 1.807) is 0 Å². The van der Waals surface area contributed by atoms with Gasteiger partial charge in [0.2, 0.25) is 11.6 Å². The number of carbonyl (C=O) groups excluding carboxylic acids is 5. The summed E-state index contributed by atoms with van der Waals surface area (Å²) in [5, 5.41) is 0. The Hall–Kier alpha value is -1.85. The van der Waals surface area contributed by atoms with E-state index in [4.69, 9.17) is 0 Å². The number of esters is 1. The minimum atomic E-state index is -1.78. The normalized spacial score (nSPS) is 22.7. The first-order valence-electron chi connectivity index (χ1n) is 6.28. The van der Waals surface area contributed by atoms with Gasteiger partial charge in [0.25, 0.3) is 5.78 Å². The maximum Gasteiger partial charge on any atom is 0.375 e. The van der Waals surface area contributed by atoms with Crippen LogP contribution in [-0.4, -0.2) is 35.7 Å². The minimum absolute atomic E-state index is 0.0348. The highest BCUT2D eigenvalue weighted by molar-refractivity contribution is 6.60. The molecule has 6 nitrogen and oxygen atoms in total. The van der Waals surface area contributed by atoms with E-state index in [-0.39, 0.29) is 13.0 Å². The predicted molar refractivity (Wildman–Crippen MR) is 63.2 cm³/mol. The molecule has 0 spiro atoms. The lowest BCUT2D eigenvalue weighted by atomic mass is 9.95. The van der Waals surface area contributed by atoms with E-state index in [1.165, 1.54) is 6.92 Å². The van der Waals surface area contributed by atoms with Crippen LogP contribution in [0.25, 0.3) is 0 Å². The Labute approximate surface area is 110 Å². The molecule has 0 bridgehead atoms. The Morgan fingerprint density at radius 2 is 1.74 bits per heavy atom. The topological polar surface area (TPSA) is 94.6 Å². The third-order valence-corrected chi connectivity index (χ3v) is 3.03. The molecule has 0 heterocycles. The molecule has 0 aromatic rings. The Bertz CT molecular complexity index is 436. The first-order valence-corrected chi connectivity index (χ1v) is 6.28. The highest BCUT2D eigenvalue weighted by Crippen LogP contribution is 2.26. The molecule has 0 aromatic carbocycles. The lowest BCUT2D eigenvalue weighted by Crippen LogP contribution is -2.33. The van der Waals surface area contributed by atoms with E-state index in [9.17, 15) is 24.0 Å². The second-order valence-corrected chi connectivity index (χ2v) is 4.34. The van der Waals surface area contributed by atoms with Crippen LogP contribution in [0.4, 0.5) is 0 Å². The molecular formula is C13H16O6. The smallest absolute Gasteiger partial charge is 0.375 e. The summed E-state index contributed by atoms with van der Waals surface area (Å²) in [7, 11) is 0. The Morgan fingerprint density at radius 3 is 2.26 bits per heavy atom. The van der Waals surface area contributed by atoms with E-state index in [0.29, 0.717) is 6.42 Å². The molecule has 1 saturated carbocycles. The number of hydrogen-bond donors (Lipinski definition) is 0. The van der Waals surface area contributed by atoms with Gasteiger partial charge in [0.1, 0.15) is 0 Å². The van der Waals surface area contributed by atoms with Gasteiger partial charge < -0.3 is 4.74 Å². The number of hydrogen-bond acceptors (Lipinski definition) is 6. The van der Waals surface area contributed by atoms with Crippen LogP contribution in [0.2, 0.25) is 0 Å². The van der Waals surface area contributed by atoms with E-state index >= 15 is 0 Å². The second kappa shape index (κ2) is 6.36. The third-order valence-electron chi connectivity index (χ3n) is 3.03. The van der Waals surface area contributed by atoms with Crippen molar-refractivity contribution in [2.45, 2.75) is 33.1 Å². The molecule has 19 heavy (non-hydrogen) atoms. The van der Waals surface area contributed by atoms with Crippen molar-refractivity contribution in [1.82, 2.24) is 0 Å². The van der Waals surface area contributed by atoms with Crippen molar-refractivity contribution in [2.24, 2.45) is 11.8 Å². The van der Waals surface area contributed by atoms with Crippen molar-refractivity contribution in [3.05, 3.63) is 0 Å². The summed E-state index contributed by atoms with van der Waals surface area (Å²) in [5.41, 5.74) is 0. The van der Waals surface area contributed by atoms with Crippen LogP contribution in [0.1, 0.15) is 33.1 Å². The van der Waals surface area contributed by atoms with E-state index in [2.05, 4.69) is 4.74 Å². The molecule has 0 N–H and O–H groups in total. The highest BCUT2D eigenvalue weighted by Gasteiger charge is 2.53. The molecule has 1 aliphatic rings. The summed E-state index contributed by atoms with van der Waals surface area (Å²) in [6.45, 7) is 3.35. The number of Topliss-reactive ketones (excluding diaryl/α,β-unsaturated/α-hetero) is 4. The number of unbranched alkanes of at least 4 members (excludes halogenated alkanes) is 1. The van der Waals surface area contributed by atoms with Crippen LogP contribution >= 0.6 is 0 Å². The molecule has 1 fully saturated rings. The summed E-state index contributed by atoms with van der Waals surface area (Å²) in [5.74, 6) is -8.03. The zero-order valence-corrected chi connectivity index (χ0v) is 10.9. The number of rotatable bonds is 6. The van der Waals surface area contributed by atoms with Gasteiger partial charge in [0.05, 0.1) is 12.5 Å². The average molecular weight is 268 g/mol. The molecule has 2 atom stereocenters. The first-order chi connectivity index (χ1) is 8.95. The fraction of sp³-hybridized carbons (Fsp3) is 0.615. The van der Waals surface area contributed by atoms with Crippen molar-refractivity contribution >= 4 is 29.1 Å².